The van der Waals surface area contributed by atoms with E-state index in [9.17, 15) is 10.1 Å². The highest BCUT2D eigenvalue weighted by Gasteiger charge is 2.04. The van der Waals surface area contributed by atoms with Gasteiger partial charge in [0.15, 0.2) is 0 Å². The molecule has 0 fully saturated rings. The minimum Gasteiger partial charge on any atom is -0.491 e. The number of methoxy groups -OCH3 is 1. The quantitative estimate of drug-likeness (QED) is 0.0603. The van der Waals surface area contributed by atoms with Crippen molar-refractivity contribution in [1.82, 2.24) is 0 Å². The molecule has 256 valence electrons. The van der Waals surface area contributed by atoms with Gasteiger partial charge in [0.25, 0.3) is 5.69 Å². The highest BCUT2D eigenvalue weighted by atomic mass is 16.6. The fourth-order valence-electron chi connectivity index (χ4n) is 3.11. The van der Waals surface area contributed by atoms with Crippen LogP contribution in [0.2, 0.25) is 0 Å². The van der Waals surface area contributed by atoms with Crippen LogP contribution in [0.3, 0.4) is 0 Å². The molecule has 0 aliphatic heterocycles. The molecule has 0 radical (unpaired) electrons. The summed E-state index contributed by atoms with van der Waals surface area (Å²) in [5, 5.41) is 10.6. The lowest BCUT2D eigenvalue weighted by atomic mass is 10.3. The minimum atomic E-state index is -0.452. The summed E-state index contributed by atoms with van der Waals surface area (Å²) in [7, 11) is 1.64. The molecule has 44 heavy (non-hydrogen) atoms. The Kier molecular flexibility index (Phi) is 29.4. The minimum absolute atomic E-state index is 0.0258. The standard InChI is InChI=1S/C29H51NO14/c1-33-6-7-34-8-9-35-10-11-36-12-13-37-14-15-38-16-17-39-18-19-40-20-21-41-22-23-42-24-25-43-26-27-44-29-4-2-28(3-5-29)30(31)32/h2-5H,6-27H2,1H3. The second-order valence-electron chi connectivity index (χ2n) is 8.72. The topological polar surface area (TPSA) is 154 Å². The van der Waals surface area contributed by atoms with Gasteiger partial charge in [-0.15, -0.1) is 0 Å². The van der Waals surface area contributed by atoms with Gasteiger partial charge in [0, 0.05) is 19.2 Å². The summed E-state index contributed by atoms with van der Waals surface area (Å²) in [6.45, 7) is 10.8. The van der Waals surface area contributed by atoms with E-state index in [4.69, 9.17) is 56.8 Å². The molecule has 0 atom stereocenters. The molecule has 0 N–H and O–H groups in total. The van der Waals surface area contributed by atoms with E-state index in [0.29, 0.717) is 151 Å². The summed E-state index contributed by atoms with van der Waals surface area (Å²) in [6.07, 6.45) is 0. The van der Waals surface area contributed by atoms with Crippen LogP contribution >= 0.6 is 0 Å². The van der Waals surface area contributed by atoms with Gasteiger partial charge >= 0.3 is 0 Å². The molecule has 0 heterocycles. The first-order valence-electron chi connectivity index (χ1n) is 14.9. The lowest BCUT2D eigenvalue weighted by molar-refractivity contribution is -0.384. The number of hydrogen-bond acceptors (Lipinski definition) is 14. The van der Waals surface area contributed by atoms with Crippen LogP contribution in [-0.2, 0) is 52.1 Å². The number of hydrogen-bond donors (Lipinski definition) is 0. The first kappa shape index (κ1) is 40.0. The van der Waals surface area contributed by atoms with Crippen LogP contribution < -0.4 is 4.74 Å². The van der Waals surface area contributed by atoms with Crippen molar-refractivity contribution in [1.29, 1.82) is 0 Å². The van der Waals surface area contributed by atoms with Gasteiger partial charge in [0.2, 0.25) is 0 Å². The third kappa shape index (κ3) is 27.5. The van der Waals surface area contributed by atoms with Crippen LogP contribution in [-0.4, -0.2) is 157 Å². The number of rotatable bonds is 35. The Morgan fingerprint density at radius 1 is 0.432 bits per heavy atom. The van der Waals surface area contributed by atoms with Gasteiger partial charge < -0.3 is 56.8 Å². The van der Waals surface area contributed by atoms with Crippen LogP contribution in [0.1, 0.15) is 0 Å². The van der Waals surface area contributed by atoms with Crippen LogP contribution in [0.25, 0.3) is 0 Å². The van der Waals surface area contributed by atoms with Crippen LogP contribution in [0.15, 0.2) is 24.3 Å². The first-order chi connectivity index (χ1) is 21.7. The van der Waals surface area contributed by atoms with Gasteiger partial charge in [-0.25, -0.2) is 0 Å². The Labute approximate surface area is 260 Å². The van der Waals surface area contributed by atoms with Crippen molar-refractivity contribution in [2.75, 3.05) is 152 Å². The van der Waals surface area contributed by atoms with E-state index >= 15 is 0 Å². The van der Waals surface area contributed by atoms with Crippen LogP contribution in [0.5, 0.6) is 5.75 Å². The summed E-state index contributed by atoms with van der Waals surface area (Å²) in [6, 6.07) is 5.91. The van der Waals surface area contributed by atoms with E-state index in [-0.39, 0.29) is 5.69 Å². The second-order valence-corrected chi connectivity index (χ2v) is 8.72. The Balaban J connectivity index is 1.65. The van der Waals surface area contributed by atoms with E-state index in [1.807, 2.05) is 0 Å². The van der Waals surface area contributed by atoms with Crippen molar-refractivity contribution < 1.29 is 61.8 Å². The smallest absolute Gasteiger partial charge is 0.269 e. The molecule has 0 amide bonds. The number of nitrogens with zero attached hydrogens (tertiary/aromatic N) is 1. The van der Waals surface area contributed by atoms with E-state index in [1.165, 1.54) is 12.1 Å². The largest absolute Gasteiger partial charge is 0.491 e. The number of ether oxygens (including phenoxy) is 12. The molecule has 0 saturated carbocycles. The Morgan fingerprint density at radius 2 is 0.682 bits per heavy atom. The number of nitro groups is 1. The van der Waals surface area contributed by atoms with Gasteiger partial charge in [0.1, 0.15) is 12.4 Å². The van der Waals surface area contributed by atoms with Gasteiger partial charge in [-0.05, 0) is 12.1 Å². The van der Waals surface area contributed by atoms with Gasteiger partial charge in [-0.3, -0.25) is 10.1 Å². The van der Waals surface area contributed by atoms with E-state index in [1.54, 1.807) is 19.2 Å². The molecule has 1 aromatic rings. The molecule has 0 bridgehead atoms. The number of non-ortho nitro benzene ring substituents is 1. The average Bonchev–Trinajstić information content (AvgIpc) is 3.03. The monoisotopic (exact) mass is 637 g/mol. The van der Waals surface area contributed by atoms with Crippen molar-refractivity contribution in [3.05, 3.63) is 34.4 Å². The Morgan fingerprint density at radius 3 is 0.932 bits per heavy atom. The predicted molar refractivity (Wildman–Crippen MR) is 159 cm³/mol. The van der Waals surface area contributed by atoms with E-state index in [0.717, 1.165) is 0 Å². The summed E-state index contributed by atoms with van der Waals surface area (Å²) in [5.41, 5.74) is 0.0258. The first-order valence-corrected chi connectivity index (χ1v) is 14.9. The number of benzene rings is 1. The molecule has 0 aliphatic rings. The molecule has 15 nitrogen and oxygen atoms in total. The lowest BCUT2D eigenvalue weighted by Gasteiger charge is -2.09. The summed E-state index contributed by atoms with van der Waals surface area (Å²) in [4.78, 5) is 10.2. The maximum atomic E-state index is 10.6. The molecular weight excluding hydrogens is 586 g/mol. The summed E-state index contributed by atoms with van der Waals surface area (Å²) >= 11 is 0. The zero-order valence-corrected chi connectivity index (χ0v) is 26.0. The van der Waals surface area contributed by atoms with E-state index in [2.05, 4.69) is 0 Å². The van der Waals surface area contributed by atoms with Crippen molar-refractivity contribution in [3.63, 3.8) is 0 Å². The zero-order chi connectivity index (χ0) is 31.6. The van der Waals surface area contributed by atoms with Crippen molar-refractivity contribution >= 4 is 5.69 Å². The fraction of sp³-hybridized carbons (Fsp3) is 0.793. The molecular formula is C29H51NO14. The number of nitro benzene ring substituents is 1. The molecule has 0 unspecified atom stereocenters. The average molecular weight is 638 g/mol. The molecule has 0 saturated heterocycles. The maximum Gasteiger partial charge on any atom is 0.269 e. The maximum absolute atomic E-state index is 10.6. The fourth-order valence-corrected chi connectivity index (χ4v) is 3.11. The molecule has 1 aromatic carbocycles. The second kappa shape index (κ2) is 32.4. The van der Waals surface area contributed by atoms with Crippen LogP contribution in [0, 0.1) is 10.1 Å². The molecule has 1 rings (SSSR count). The third-order valence-electron chi connectivity index (χ3n) is 5.32. The van der Waals surface area contributed by atoms with Gasteiger partial charge in [-0.1, -0.05) is 0 Å². The SMILES string of the molecule is COCCOCCOCCOCCOCCOCCOCCOCCOCCOCCOCCOc1ccc([N+](=O)[O-])cc1. The highest BCUT2D eigenvalue weighted by molar-refractivity contribution is 5.35. The summed E-state index contributed by atoms with van der Waals surface area (Å²) < 4.78 is 64.6. The normalized spacial score (nSPS) is 11.3. The highest BCUT2D eigenvalue weighted by Crippen LogP contribution is 2.17. The lowest BCUT2D eigenvalue weighted by Crippen LogP contribution is -2.15. The molecule has 0 aliphatic carbocycles. The van der Waals surface area contributed by atoms with Crippen molar-refractivity contribution in [2.45, 2.75) is 0 Å². The molecule has 0 spiro atoms. The predicted octanol–water partition coefficient (Wildman–Crippen LogP) is 1.79. The third-order valence-corrected chi connectivity index (χ3v) is 5.32. The molecule has 15 heteroatoms. The Hall–Kier alpha value is -2.02. The molecule has 0 aromatic heterocycles. The van der Waals surface area contributed by atoms with Gasteiger partial charge in [0.05, 0.1) is 144 Å². The summed E-state index contributed by atoms with van der Waals surface area (Å²) in [5.74, 6) is 0.556. The van der Waals surface area contributed by atoms with Crippen molar-refractivity contribution in [3.8, 4) is 5.75 Å². The van der Waals surface area contributed by atoms with Crippen molar-refractivity contribution in [2.24, 2.45) is 0 Å². The Bertz CT molecular complexity index is 743. The van der Waals surface area contributed by atoms with Gasteiger partial charge in [-0.2, -0.15) is 0 Å². The van der Waals surface area contributed by atoms with Crippen LogP contribution in [0.4, 0.5) is 5.69 Å². The van der Waals surface area contributed by atoms with E-state index < -0.39 is 4.92 Å². The zero-order valence-electron chi connectivity index (χ0n) is 26.0.